The smallest absolute Gasteiger partial charge is 0.231 e. The number of nitrogens with two attached hydrogens (primary N) is 1. The largest absolute Gasteiger partial charge is 0.369 e. The van der Waals surface area contributed by atoms with Crippen molar-refractivity contribution in [1.29, 1.82) is 0 Å². The molecule has 0 atom stereocenters. The van der Waals surface area contributed by atoms with Crippen LogP contribution in [0.15, 0.2) is 0 Å². The molecule has 3 N–H and O–H groups in total. The number of nitrogens with one attached hydrogen (secondary N) is 1. The van der Waals surface area contributed by atoms with Crippen LogP contribution in [0.3, 0.4) is 0 Å². The first kappa shape index (κ1) is 5.56. The minimum absolute atomic E-state index is 0.267. The predicted octanol–water partition coefficient (Wildman–Crippen LogP) is -0.776. The summed E-state index contributed by atoms with van der Waals surface area (Å²) in [6, 6.07) is 0.586. The number of hydrogen-bond donors (Lipinski definition) is 2. The van der Waals surface area contributed by atoms with Crippen LogP contribution in [0, 0.1) is 0 Å². The zero-order chi connectivity index (χ0) is 5.98. The standard InChI is InChI=1S/C5H10N2O/c6-5(8)3-7-4-1-2-4/h4,7H,1-3H2,(H2,6,8). The van der Waals surface area contributed by atoms with Gasteiger partial charge in [-0.3, -0.25) is 4.79 Å². The van der Waals surface area contributed by atoms with E-state index in [9.17, 15) is 4.79 Å². The quantitative estimate of drug-likeness (QED) is 0.506. The molecule has 0 radical (unpaired) electrons. The predicted molar refractivity (Wildman–Crippen MR) is 30.2 cm³/mol. The molecule has 1 aliphatic carbocycles. The Bertz CT molecular complexity index is 98.6. The van der Waals surface area contributed by atoms with Crippen LogP contribution in [-0.4, -0.2) is 18.5 Å². The third kappa shape index (κ3) is 1.93. The van der Waals surface area contributed by atoms with Gasteiger partial charge in [-0.1, -0.05) is 0 Å². The van der Waals surface area contributed by atoms with Crippen LogP contribution in [0.1, 0.15) is 12.8 Å². The Hall–Kier alpha value is -0.570. The summed E-state index contributed by atoms with van der Waals surface area (Å²) in [5.74, 6) is -0.267. The highest BCUT2D eigenvalue weighted by Gasteiger charge is 2.20. The molecule has 3 nitrogen and oxygen atoms in total. The van der Waals surface area contributed by atoms with Crippen molar-refractivity contribution in [3.63, 3.8) is 0 Å². The van der Waals surface area contributed by atoms with Crippen molar-refractivity contribution >= 4 is 5.91 Å². The van der Waals surface area contributed by atoms with Gasteiger partial charge in [-0.15, -0.1) is 0 Å². The van der Waals surface area contributed by atoms with Crippen molar-refractivity contribution in [3.8, 4) is 0 Å². The number of amides is 1. The van der Waals surface area contributed by atoms with Crippen LogP contribution in [0.5, 0.6) is 0 Å². The Morgan fingerprint density at radius 2 is 2.38 bits per heavy atom. The third-order valence-corrected chi connectivity index (χ3v) is 1.14. The molecular formula is C5H10N2O. The Balaban J connectivity index is 1.95. The van der Waals surface area contributed by atoms with Gasteiger partial charge in [-0.25, -0.2) is 0 Å². The molecule has 1 aliphatic rings. The molecule has 0 aliphatic heterocycles. The second kappa shape index (κ2) is 2.13. The molecule has 1 saturated carbocycles. The van der Waals surface area contributed by atoms with Crippen LogP contribution < -0.4 is 11.1 Å². The van der Waals surface area contributed by atoms with E-state index in [2.05, 4.69) is 5.32 Å². The Kier molecular flexibility index (Phi) is 1.48. The van der Waals surface area contributed by atoms with Crippen molar-refractivity contribution in [3.05, 3.63) is 0 Å². The molecule has 3 heteroatoms. The molecule has 1 fully saturated rings. The van der Waals surface area contributed by atoms with E-state index in [1.165, 1.54) is 12.8 Å². The maximum absolute atomic E-state index is 10.1. The van der Waals surface area contributed by atoms with E-state index in [-0.39, 0.29) is 5.91 Å². The first-order valence-electron chi connectivity index (χ1n) is 2.81. The van der Waals surface area contributed by atoms with Crippen LogP contribution in [0.25, 0.3) is 0 Å². The fourth-order valence-electron chi connectivity index (χ4n) is 0.532. The van der Waals surface area contributed by atoms with E-state index in [1.54, 1.807) is 0 Å². The van der Waals surface area contributed by atoms with Gasteiger partial charge >= 0.3 is 0 Å². The molecule has 0 saturated heterocycles. The summed E-state index contributed by atoms with van der Waals surface area (Å²) in [6.07, 6.45) is 2.40. The van der Waals surface area contributed by atoms with Crippen LogP contribution in [0.4, 0.5) is 0 Å². The van der Waals surface area contributed by atoms with Gasteiger partial charge in [-0.05, 0) is 12.8 Å². The fraction of sp³-hybridized carbons (Fsp3) is 0.800. The summed E-state index contributed by atoms with van der Waals surface area (Å²) in [5.41, 5.74) is 4.87. The lowest BCUT2D eigenvalue weighted by molar-refractivity contribution is -0.117. The van der Waals surface area contributed by atoms with E-state index in [4.69, 9.17) is 5.73 Å². The SMILES string of the molecule is NC(=O)CNC1CC1. The Morgan fingerprint density at radius 3 is 2.75 bits per heavy atom. The summed E-state index contributed by atoms with van der Waals surface area (Å²) in [4.78, 5) is 10.1. The fourth-order valence-corrected chi connectivity index (χ4v) is 0.532. The molecule has 0 bridgehead atoms. The lowest BCUT2D eigenvalue weighted by atomic mass is 10.6. The second-order valence-corrected chi connectivity index (χ2v) is 2.12. The maximum Gasteiger partial charge on any atom is 0.231 e. The monoisotopic (exact) mass is 114 g/mol. The lowest BCUT2D eigenvalue weighted by Gasteiger charge is -1.94. The minimum Gasteiger partial charge on any atom is -0.369 e. The van der Waals surface area contributed by atoms with Gasteiger partial charge in [-0.2, -0.15) is 0 Å². The zero-order valence-electron chi connectivity index (χ0n) is 4.68. The summed E-state index contributed by atoms with van der Waals surface area (Å²) < 4.78 is 0. The number of carbonyl (C=O) groups excluding carboxylic acids is 1. The zero-order valence-corrected chi connectivity index (χ0v) is 4.68. The Labute approximate surface area is 48.2 Å². The second-order valence-electron chi connectivity index (χ2n) is 2.12. The highest BCUT2D eigenvalue weighted by Crippen LogP contribution is 2.17. The van der Waals surface area contributed by atoms with Crippen molar-refractivity contribution in [2.45, 2.75) is 18.9 Å². The first-order chi connectivity index (χ1) is 3.79. The van der Waals surface area contributed by atoms with Gasteiger partial charge in [0.15, 0.2) is 0 Å². The molecule has 0 aromatic carbocycles. The number of primary amides is 1. The summed E-state index contributed by atoms with van der Waals surface area (Å²) in [5, 5.41) is 2.98. The molecule has 0 aromatic heterocycles. The van der Waals surface area contributed by atoms with E-state index in [0.29, 0.717) is 12.6 Å². The van der Waals surface area contributed by atoms with Crippen LogP contribution in [0.2, 0.25) is 0 Å². The third-order valence-electron chi connectivity index (χ3n) is 1.14. The highest BCUT2D eigenvalue weighted by atomic mass is 16.1. The number of carbonyl (C=O) groups is 1. The van der Waals surface area contributed by atoms with Crippen molar-refractivity contribution < 1.29 is 4.79 Å². The molecular weight excluding hydrogens is 104 g/mol. The normalized spacial score (nSPS) is 18.5. The average Bonchev–Trinajstić information content (AvgIpc) is 2.41. The summed E-state index contributed by atoms with van der Waals surface area (Å²) in [7, 11) is 0. The van der Waals surface area contributed by atoms with Gasteiger partial charge in [0.05, 0.1) is 6.54 Å². The van der Waals surface area contributed by atoms with E-state index >= 15 is 0 Å². The Morgan fingerprint density at radius 1 is 1.75 bits per heavy atom. The van der Waals surface area contributed by atoms with Gasteiger partial charge < -0.3 is 11.1 Å². The van der Waals surface area contributed by atoms with Crippen LogP contribution in [-0.2, 0) is 4.79 Å². The van der Waals surface area contributed by atoms with Gasteiger partial charge in [0.25, 0.3) is 0 Å². The first-order valence-corrected chi connectivity index (χ1v) is 2.81. The molecule has 0 heterocycles. The molecule has 8 heavy (non-hydrogen) atoms. The van der Waals surface area contributed by atoms with Crippen molar-refractivity contribution in [2.24, 2.45) is 5.73 Å². The molecule has 0 spiro atoms. The van der Waals surface area contributed by atoms with E-state index in [1.807, 2.05) is 0 Å². The highest BCUT2D eigenvalue weighted by molar-refractivity contribution is 5.75. The maximum atomic E-state index is 10.1. The van der Waals surface area contributed by atoms with Gasteiger partial charge in [0.2, 0.25) is 5.91 Å². The van der Waals surface area contributed by atoms with Gasteiger partial charge in [0.1, 0.15) is 0 Å². The van der Waals surface area contributed by atoms with E-state index in [0.717, 1.165) is 0 Å². The summed E-state index contributed by atoms with van der Waals surface area (Å²) in [6.45, 7) is 0.338. The van der Waals surface area contributed by atoms with E-state index < -0.39 is 0 Å². The lowest BCUT2D eigenvalue weighted by Crippen LogP contribution is -2.29. The average molecular weight is 114 g/mol. The minimum atomic E-state index is -0.267. The van der Waals surface area contributed by atoms with Crippen LogP contribution >= 0.6 is 0 Å². The molecule has 1 rings (SSSR count). The molecule has 0 aromatic rings. The molecule has 1 amide bonds. The number of rotatable bonds is 3. The number of hydrogen-bond acceptors (Lipinski definition) is 2. The topological polar surface area (TPSA) is 55.1 Å². The van der Waals surface area contributed by atoms with Crippen molar-refractivity contribution in [1.82, 2.24) is 5.32 Å². The van der Waals surface area contributed by atoms with Crippen molar-refractivity contribution in [2.75, 3.05) is 6.54 Å². The van der Waals surface area contributed by atoms with Gasteiger partial charge in [0, 0.05) is 6.04 Å². The molecule has 0 unspecified atom stereocenters. The summed E-state index contributed by atoms with van der Waals surface area (Å²) >= 11 is 0. The molecule has 46 valence electrons.